The molecule has 0 fully saturated rings. The topological polar surface area (TPSA) is 72.0 Å². The molecule has 38 heavy (non-hydrogen) atoms. The van der Waals surface area contributed by atoms with Crippen molar-refractivity contribution in [3.8, 4) is 17.1 Å². The Morgan fingerprint density at radius 2 is 1.47 bits per heavy atom. The molecule has 13 heteroatoms. The quantitative estimate of drug-likeness (QED) is 0.236. The van der Waals surface area contributed by atoms with Gasteiger partial charge in [-0.2, -0.15) is 41.3 Å². The third-order valence-electron chi connectivity index (χ3n) is 5.02. The molecule has 4 aromatic rings. The fraction of sp³-hybridized carbons (Fsp3) is 0.160. The van der Waals surface area contributed by atoms with Gasteiger partial charge in [0.05, 0.1) is 5.56 Å². The van der Waals surface area contributed by atoms with Crippen LogP contribution in [0, 0.1) is 5.82 Å². The summed E-state index contributed by atoms with van der Waals surface area (Å²) in [6.45, 7) is -1.87. The standard InChI is InChI=1S/C25H18F7N5O/c26-20-11-16(15-5-2-1-3-6-15)9-10-17(20)13-33-21-35-22(37-23(36-21)38-14-24(27,28)29)34-19-8-4-7-18(12-19)25(30,31)32/h1-12H,13-14H2,(H2,33,34,35,36,37). The van der Waals surface area contributed by atoms with Gasteiger partial charge in [-0.05, 0) is 35.4 Å². The average molecular weight is 537 g/mol. The summed E-state index contributed by atoms with van der Waals surface area (Å²) >= 11 is 0. The van der Waals surface area contributed by atoms with Crippen LogP contribution in [0.3, 0.4) is 0 Å². The highest BCUT2D eigenvalue weighted by molar-refractivity contribution is 5.63. The van der Waals surface area contributed by atoms with Crippen LogP contribution in [0.5, 0.6) is 6.01 Å². The largest absolute Gasteiger partial charge is 0.454 e. The zero-order valence-corrected chi connectivity index (χ0v) is 19.2. The fourth-order valence-corrected chi connectivity index (χ4v) is 3.28. The molecule has 1 aromatic heterocycles. The van der Waals surface area contributed by atoms with Crippen LogP contribution in [-0.2, 0) is 12.7 Å². The van der Waals surface area contributed by atoms with E-state index in [4.69, 9.17) is 0 Å². The maximum atomic E-state index is 14.7. The van der Waals surface area contributed by atoms with E-state index in [9.17, 15) is 30.7 Å². The summed E-state index contributed by atoms with van der Waals surface area (Å²) in [5.41, 5.74) is 0.608. The first-order valence-corrected chi connectivity index (χ1v) is 10.9. The van der Waals surface area contributed by atoms with Crippen molar-refractivity contribution in [1.29, 1.82) is 0 Å². The van der Waals surface area contributed by atoms with Crippen molar-refractivity contribution in [1.82, 2.24) is 15.0 Å². The van der Waals surface area contributed by atoms with E-state index in [0.717, 1.165) is 23.8 Å². The molecule has 0 atom stereocenters. The van der Waals surface area contributed by atoms with E-state index in [1.165, 1.54) is 18.2 Å². The third kappa shape index (κ3) is 7.31. The lowest BCUT2D eigenvalue weighted by atomic mass is 10.0. The van der Waals surface area contributed by atoms with Crippen molar-refractivity contribution in [2.75, 3.05) is 17.2 Å². The monoisotopic (exact) mass is 537 g/mol. The maximum Gasteiger partial charge on any atom is 0.422 e. The van der Waals surface area contributed by atoms with Crippen molar-refractivity contribution in [2.24, 2.45) is 0 Å². The van der Waals surface area contributed by atoms with Gasteiger partial charge in [0.15, 0.2) is 6.61 Å². The average Bonchev–Trinajstić information content (AvgIpc) is 2.86. The van der Waals surface area contributed by atoms with Crippen molar-refractivity contribution in [3.63, 3.8) is 0 Å². The van der Waals surface area contributed by atoms with E-state index in [1.807, 2.05) is 30.3 Å². The number of ether oxygens (including phenoxy) is 1. The van der Waals surface area contributed by atoms with E-state index < -0.39 is 36.4 Å². The number of hydrogen-bond acceptors (Lipinski definition) is 6. The van der Waals surface area contributed by atoms with Gasteiger partial charge in [-0.1, -0.05) is 48.5 Å². The summed E-state index contributed by atoms with van der Waals surface area (Å²) in [6.07, 6.45) is -9.32. The number of aromatic nitrogens is 3. The molecule has 0 radical (unpaired) electrons. The summed E-state index contributed by atoms with van der Waals surface area (Å²) < 4.78 is 96.3. The molecule has 0 aliphatic carbocycles. The Hall–Kier alpha value is -4.42. The van der Waals surface area contributed by atoms with Gasteiger partial charge in [0.2, 0.25) is 11.9 Å². The number of nitrogens with zero attached hydrogens (tertiary/aromatic N) is 3. The Labute approximate surface area is 211 Å². The summed E-state index contributed by atoms with van der Waals surface area (Å²) in [7, 11) is 0. The highest BCUT2D eigenvalue weighted by Crippen LogP contribution is 2.31. The second kappa shape index (κ2) is 10.9. The molecule has 4 rings (SSSR count). The van der Waals surface area contributed by atoms with E-state index >= 15 is 0 Å². The molecule has 6 nitrogen and oxygen atoms in total. The van der Waals surface area contributed by atoms with Crippen molar-refractivity contribution in [3.05, 3.63) is 89.7 Å². The summed E-state index contributed by atoms with van der Waals surface area (Å²) in [6, 6.07) is 16.9. The van der Waals surface area contributed by atoms with Gasteiger partial charge in [-0.25, -0.2) is 4.39 Å². The minimum atomic E-state index is -4.70. The van der Waals surface area contributed by atoms with Crippen LogP contribution >= 0.6 is 0 Å². The molecule has 0 bridgehead atoms. The minimum Gasteiger partial charge on any atom is -0.454 e. The maximum absolute atomic E-state index is 14.7. The van der Waals surface area contributed by atoms with E-state index in [1.54, 1.807) is 6.07 Å². The molecular weight excluding hydrogens is 519 g/mol. The number of rotatable bonds is 8. The first kappa shape index (κ1) is 26.6. The summed E-state index contributed by atoms with van der Waals surface area (Å²) in [5, 5.41) is 5.17. The first-order chi connectivity index (χ1) is 18.0. The Morgan fingerprint density at radius 3 is 2.16 bits per heavy atom. The lowest BCUT2D eigenvalue weighted by Gasteiger charge is -2.13. The second-order valence-electron chi connectivity index (χ2n) is 7.90. The van der Waals surface area contributed by atoms with Crippen LogP contribution in [0.15, 0.2) is 72.8 Å². The van der Waals surface area contributed by atoms with Gasteiger partial charge < -0.3 is 15.4 Å². The predicted molar refractivity (Wildman–Crippen MR) is 125 cm³/mol. The normalized spacial score (nSPS) is 11.8. The van der Waals surface area contributed by atoms with E-state index in [0.29, 0.717) is 5.56 Å². The molecule has 0 aliphatic rings. The third-order valence-corrected chi connectivity index (χ3v) is 5.02. The van der Waals surface area contributed by atoms with Crippen LogP contribution in [0.2, 0.25) is 0 Å². The lowest BCUT2D eigenvalue weighted by molar-refractivity contribution is -0.154. The molecule has 0 spiro atoms. The van der Waals surface area contributed by atoms with Crippen LogP contribution in [0.25, 0.3) is 11.1 Å². The number of halogens is 7. The minimum absolute atomic E-state index is 0.0821. The van der Waals surface area contributed by atoms with Crippen molar-refractivity contribution >= 4 is 17.6 Å². The Balaban J connectivity index is 1.55. The van der Waals surface area contributed by atoms with E-state index in [-0.39, 0.29) is 29.7 Å². The Kier molecular flexibility index (Phi) is 7.65. The van der Waals surface area contributed by atoms with E-state index in [2.05, 4.69) is 30.3 Å². The van der Waals surface area contributed by atoms with Gasteiger partial charge in [0, 0.05) is 17.8 Å². The Morgan fingerprint density at radius 1 is 0.737 bits per heavy atom. The highest BCUT2D eigenvalue weighted by atomic mass is 19.4. The highest BCUT2D eigenvalue weighted by Gasteiger charge is 2.31. The molecule has 198 valence electrons. The zero-order valence-electron chi connectivity index (χ0n) is 19.2. The second-order valence-corrected chi connectivity index (χ2v) is 7.90. The van der Waals surface area contributed by atoms with Crippen LogP contribution in [0.4, 0.5) is 48.3 Å². The molecule has 0 saturated heterocycles. The zero-order chi connectivity index (χ0) is 27.3. The molecule has 2 N–H and O–H groups in total. The fourth-order valence-electron chi connectivity index (χ4n) is 3.28. The number of alkyl halides is 6. The molecule has 0 amide bonds. The van der Waals surface area contributed by atoms with Gasteiger partial charge in [-0.3, -0.25) is 0 Å². The number of benzene rings is 3. The molecule has 1 heterocycles. The number of anilines is 3. The summed E-state index contributed by atoms with van der Waals surface area (Å²) in [4.78, 5) is 11.4. The number of nitrogens with one attached hydrogen (secondary N) is 2. The predicted octanol–water partition coefficient (Wildman–Crippen LogP) is 6.99. The van der Waals surface area contributed by atoms with Gasteiger partial charge >= 0.3 is 18.4 Å². The van der Waals surface area contributed by atoms with Gasteiger partial charge in [0.25, 0.3) is 0 Å². The van der Waals surface area contributed by atoms with Crippen LogP contribution in [-0.4, -0.2) is 27.7 Å². The molecule has 0 unspecified atom stereocenters. The van der Waals surface area contributed by atoms with Crippen LogP contribution < -0.4 is 15.4 Å². The smallest absolute Gasteiger partial charge is 0.422 e. The van der Waals surface area contributed by atoms with Crippen LogP contribution in [0.1, 0.15) is 11.1 Å². The molecule has 0 saturated carbocycles. The molecule has 3 aromatic carbocycles. The molecular formula is C25H18F7N5O. The lowest BCUT2D eigenvalue weighted by Crippen LogP contribution is -2.21. The van der Waals surface area contributed by atoms with Gasteiger partial charge in [-0.15, -0.1) is 0 Å². The van der Waals surface area contributed by atoms with Crippen molar-refractivity contribution in [2.45, 2.75) is 18.9 Å². The van der Waals surface area contributed by atoms with Crippen molar-refractivity contribution < 1.29 is 35.5 Å². The molecule has 0 aliphatic heterocycles. The SMILES string of the molecule is Fc1cc(-c2ccccc2)ccc1CNc1nc(Nc2cccc(C(F)(F)F)c2)nc(OCC(F)(F)F)n1. The number of hydrogen-bond donors (Lipinski definition) is 2. The first-order valence-electron chi connectivity index (χ1n) is 10.9. The van der Waals surface area contributed by atoms with Gasteiger partial charge in [0.1, 0.15) is 5.82 Å². The Bertz CT molecular complexity index is 1400. The summed E-state index contributed by atoms with van der Waals surface area (Å²) in [5.74, 6) is -1.24.